The minimum Gasteiger partial charge on any atom is -0.326 e. The highest BCUT2D eigenvalue weighted by Gasteiger charge is 2.14. The number of halogens is 2. The molecule has 2 aromatic heterocycles. The average Bonchev–Trinajstić information content (AvgIpc) is 3.15. The first-order chi connectivity index (χ1) is 11.1. The predicted molar refractivity (Wildman–Crippen MR) is 87.7 cm³/mol. The van der Waals surface area contributed by atoms with E-state index in [1.165, 1.54) is 12.1 Å². The second-order valence-electron chi connectivity index (χ2n) is 5.00. The van der Waals surface area contributed by atoms with Crippen molar-refractivity contribution in [2.24, 2.45) is 0 Å². The third-order valence-corrected chi connectivity index (χ3v) is 4.50. The molecule has 0 aliphatic heterocycles. The summed E-state index contributed by atoms with van der Waals surface area (Å²) in [7, 11) is 0. The second kappa shape index (κ2) is 6.45. The normalized spacial score (nSPS) is 10.9. The molecule has 7 heteroatoms. The van der Waals surface area contributed by atoms with E-state index in [0.29, 0.717) is 24.2 Å². The Kier molecular flexibility index (Phi) is 4.38. The van der Waals surface area contributed by atoms with Crippen molar-refractivity contribution >= 4 is 22.2 Å². The molecule has 2 heterocycles. The Bertz CT molecular complexity index is 856. The zero-order valence-corrected chi connectivity index (χ0v) is 14.0. The second-order valence-corrected chi connectivity index (χ2v) is 5.76. The number of carbonyl (C=O) groups excluding carboxylic acids is 1. The Morgan fingerprint density at radius 2 is 2.22 bits per heavy atom. The van der Waals surface area contributed by atoms with E-state index < -0.39 is 5.82 Å². The average molecular weight is 377 g/mol. The molecule has 0 aliphatic carbocycles. The van der Waals surface area contributed by atoms with E-state index in [0.717, 1.165) is 16.7 Å². The Labute approximate surface area is 140 Å². The largest absolute Gasteiger partial charge is 0.326 e. The maximum atomic E-state index is 13.3. The summed E-state index contributed by atoms with van der Waals surface area (Å²) in [5.41, 5.74) is 1.88. The molecule has 3 aromatic rings. The van der Waals surface area contributed by atoms with Gasteiger partial charge in [-0.15, -0.1) is 0 Å². The summed E-state index contributed by atoms with van der Waals surface area (Å²) in [6, 6.07) is 4.11. The number of aldehydes is 1. The minimum atomic E-state index is -0.444. The van der Waals surface area contributed by atoms with Crippen molar-refractivity contribution in [3.8, 4) is 11.4 Å². The van der Waals surface area contributed by atoms with Gasteiger partial charge in [0.1, 0.15) is 16.2 Å². The van der Waals surface area contributed by atoms with E-state index in [9.17, 15) is 9.18 Å². The fourth-order valence-electron chi connectivity index (χ4n) is 2.43. The number of imidazole rings is 1. The van der Waals surface area contributed by atoms with Crippen LogP contribution < -0.4 is 0 Å². The van der Waals surface area contributed by atoms with Crippen LogP contribution in [0.2, 0.25) is 0 Å². The topological polar surface area (TPSA) is 52.7 Å². The number of carbonyl (C=O) groups is 1. The number of aromatic nitrogens is 4. The summed E-state index contributed by atoms with van der Waals surface area (Å²) in [5, 5.41) is 4.29. The highest BCUT2D eigenvalue weighted by Crippen LogP contribution is 2.24. The molecule has 0 N–H and O–H groups in total. The van der Waals surface area contributed by atoms with Crippen LogP contribution in [-0.4, -0.2) is 25.6 Å². The molecule has 0 fully saturated rings. The van der Waals surface area contributed by atoms with Gasteiger partial charge < -0.3 is 4.57 Å². The van der Waals surface area contributed by atoms with Gasteiger partial charge in [0.25, 0.3) is 0 Å². The van der Waals surface area contributed by atoms with Gasteiger partial charge in [0.15, 0.2) is 6.29 Å². The van der Waals surface area contributed by atoms with Gasteiger partial charge in [-0.1, -0.05) is 0 Å². The van der Waals surface area contributed by atoms with Crippen LogP contribution in [0.4, 0.5) is 4.39 Å². The van der Waals surface area contributed by atoms with Crippen molar-refractivity contribution < 1.29 is 9.18 Å². The molecule has 0 atom stereocenters. The third-order valence-electron chi connectivity index (χ3n) is 3.58. The lowest BCUT2D eigenvalue weighted by atomic mass is 10.1. The van der Waals surface area contributed by atoms with Gasteiger partial charge in [-0.05, 0) is 41.1 Å². The van der Waals surface area contributed by atoms with Gasteiger partial charge in [-0.2, -0.15) is 5.10 Å². The van der Waals surface area contributed by atoms with Crippen LogP contribution in [-0.2, 0) is 13.1 Å². The van der Waals surface area contributed by atoms with Crippen LogP contribution in [0.5, 0.6) is 0 Å². The van der Waals surface area contributed by atoms with Crippen molar-refractivity contribution in [1.82, 2.24) is 19.3 Å². The molecule has 0 saturated heterocycles. The minimum absolute atomic E-state index is 0.278. The molecular weight excluding hydrogens is 363 g/mol. The van der Waals surface area contributed by atoms with Gasteiger partial charge in [-0.3, -0.25) is 9.48 Å². The number of hydrogen-bond donors (Lipinski definition) is 0. The summed E-state index contributed by atoms with van der Waals surface area (Å²) in [4.78, 5) is 15.5. The van der Waals surface area contributed by atoms with E-state index in [1.54, 1.807) is 18.5 Å². The van der Waals surface area contributed by atoms with Crippen LogP contribution in [0.1, 0.15) is 22.8 Å². The maximum absolute atomic E-state index is 13.3. The lowest BCUT2D eigenvalue weighted by molar-refractivity contribution is 0.112. The molecule has 0 saturated carbocycles. The lowest BCUT2D eigenvalue weighted by Gasteiger charge is -2.09. The zero-order chi connectivity index (χ0) is 16.4. The van der Waals surface area contributed by atoms with E-state index >= 15 is 0 Å². The van der Waals surface area contributed by atoms with Gasteiger partial charge in [0.2, 0.25) is 0 Å². The highest BCUT2D eigenvalue weighted by molar-refractivity contribution is 9.10. The summed E-state index contributed by atoms with van der Waals surface area (Å²) in [5.74, 6) is 0.171. The van der Waals surface area contributed by atoms with Crippen molar-refractivity contribution in [2.45, 2.75) is 20.0 Å². The van der Waals surface area contributed by atoms with Crippen molar-refractivity contribution in [2.75, 3.05) is 0 Å². The number of nitrogens with zero attached hydrogens (tertiary/aromatic N) is 4. The van der Waals surface area contributed by atoms with Gasteiger partial charge in [0, 0.05) is 35.6 Å². The molecule has 0 aliphatic rings. The van der Waals surface area contributed by atoms with E-state index in [1.807, 2.05) is 22.4 Å². The van der Waals surface area contributed by atoms with E-state index in [4.69, 9.17) is 0 Å². The molecule has 118 valence electrons. The zero-order valence-electron chi connectivity index (χ0n) is 12.4. The Hall–Kier alpha value is -2.28. The molecule has 0 amide bonds. The van der Waals surface area contributed by atoms with E-state index in [2.05, 4.69) is 26.0 Å². The van der Waals surface area contributed by atoms with Gasteiger partial charge >= 0.3 is 0 Å². The quantitative estimate of drug-likeness (QED) is 0.640. The Morgan fingerprint density at radius 1 is 1.39 bits per heavy atom. The number of hydrogen-bond acceptors (Lipinski definition) is 3. The van der Waals surface area contributed by atoms with Crippen LogP contribution in [0.25, 0.3) is 11.4 Å². The van der Waals surface area contributed by atoms with Crippen LogP contribution in [0, 0.1) is 5.82 Å². The van der Waals surface area contributed by atoms with Crippen molar-refractivity contribution in [3.63, 3.8) is 0 Å². The molecular formula is C16H14BrFN4O. The molecule has 1 aromatic carbocycles. The Morgan fingerprint density at radius 3 is 2.91 bits per heavy atom. The van der Waals surface area contributed by atoms with Crippen molar-refractivity contribution in [3.05, 3.63) is 58.3 Å². The molecule has 0 radical (unpaired) electrons. The molecule has 5 nitrogen and oxygen atoms in total. The Balaban J connectivity index is 2.00. The predicted octanol–water partition coefficient (Wildman–Crippen LogP) is 3.53. The van der Waals surface area contributed by atoms with Crippen molar-refractivity contribution in [1.29, 1.82) is 0 Å². The van der Waals surface area contributed by atoms with Gasteiger partial charge in [-0.25, -0.2) is 9.37 Å². The monoisotopic (exact) mass is 376 g/mol. The van der Waals surface area contributed by atoms with Crippen LogP contribution in [0.3, 0.4) is 0 Å². The molecule has 0 unspecified atom stereocenters. The first kappa shape index (κ1) is 15.6. The molecule has 0 bridgehead atoms. The smallest absolute Gasteiger partial charge is 0.150 e. The van der Waals surface area contributed by atoms with E-state index in [-0.39, 0.29) is 5.56 Å². The summed E-state index contributed by atoms with van der Waals surface area (Å²) in [6.45, 7) is 3.33. The number of aryl methyl sites for hydroxylation is 1. The standard InChI is InChI=1S/C16H14BrFN4O/c1-2-22-15(17)12(8-20-22)9-21-6-5-19-16(21)14-4-3-13(18)7-11(14)10-23/h3-8,10H,2,9H2,1H3. The number of benzene rings is 1. The van der Waals surface area contributed by atoms with Crippen LogP contribution >= 0.6 is 15.9 Å². The molecule has 0 spiro atoms. The first-order valence-electron chi connectivity index (χ1n) is 7.10. The maximum Gasteiger partial charge on any atom is 0.150 e. The fraction of sp³-hybridized carbons (Fsp3) is 0.188. The molecule has 3 rings (SSSR count). The SMILES string of the molecule is CCn1ncc(Cn2ccnc2-c2ccc(F)cc2C=O)c1Br. The summed E-state index contributed by atoms with van der Waals surface area (Å²) >= 11 is 3.54. The summed E-state index contributed by atoms with van der Waals surface area (Å²) < 4.78 is 18.0. The lowest BCUT2D eigenvalue weighted by Crippen LogP contribution is -2.03. The highest BCUT2D eigenvalue weighted by atomic mass is 79.9. The van der Waals surface area contributed by atoms with Gasteiger partial charge in [0.05, 0.1) is 12.7 Å². The first-order valence-corrected chi connectivity index (χ1v) is 7.89. The van der Waals surface area contributed by atoms with Crippen LogP contribution in [0.15, 0.2) is 41.4 Å². The molecule has 23 heavy (non-hydrogen) atoms. The number of rotatable bonds is 5. The summed E-state index contributed by atoms with van der Waals surface area (Å²) in [6.07, 6.45) is 5.92. The third kappa shape index (κ3) is 2.96. The fourth-order valence-corrected chi connectivity index (χ4v) is 3.00.